The van der Waals surface area contributed by atoms with E-state index in [0.717, 1.165) is 0 Å². The molecule has 0 unspecified atom stereocenters. The lowest BCUT2D eigenvalue weighted by Gasteiger charge is -1.99. The third-order valence-electron chi connectivity index (χ3n) is 0.638. The third-order valence-corrected chi connectivity index (χ3v) is 0.638. The standard InChI is InChI=1S/C5H10O2/c1-4-5(6-2)7-3/h4H,1-3H3. The van der Waals surface area contributed by atoms with Gasteiger partial charge in [0.05, 0.1) is 14.2 Å². The summed E-state index contributed by atoms with van der Waals surface area (Å²) in [5, 5.41) is 0. The van der Waals surface area contributed by atoms with E-state index in [0.29, 0.717) is 5.95 Å². The second kappa shape index (κ2) is 3.53. The molecule has 0 aromatic rings. The maximum Gasteiger partial charge on any atom is 0.274 e. The predicted molar refractivity (Wildman–Crippen MR) is 27.8 cm³/mol. The third kappa shape index (κ3) is 2.09. The molecule has 0 N–H and O–H groups in total. The van der Waals surface area contributed by atoms with Crippen LogP contribution in [0.2, 0.25) is 0 Å². The SMILES string of the molecule is CC=C(OC)OC. The second-order valence-corrected chi connectivity index (χ2v) is 1.02. The van der Waals surface area contributed by atoms with E-state index in [1.54, 1.807) is 20.3 Å². The molecule has 0 saturated heterocycles. The Bertz CT molecular complexity index is 60.5. The number of allylic oxidation sites excluding steroid dienone is 1. The molecule has 0 aromatic heterocycles. The minimum Gasteiger partial charge on any atom is -0.469 e. The average Bonchev–Trinajstić information content (AvgIpc) is 1.72. The largest absolute Gasteiger partial charge is 0.469 e. The first kappa shape index (κ1) is 6.34. The van der Waals surface area contributed by atoms with Crippen molar-refractivity contribution in [1.82, 2.24) is 0 Å². The first-order chi connectivity index (χ1) is 3.35. The van der Waals surface area contributed by atoms with Gasteiger partial charge in [-0.3, -0.25) is 0 Å². The van der Waals surface area contributed by atoms with Crippen LogP contribution in [0.15, 0.2) is 12.0 Å². The fourth-order valence-corrected chi connectivity index (χ4v) is 0.319. The van der Waals surface area contributed by atoms with Crippen molar-refractivity contribution in [2.24, 2.45) is 0 Å². The molecule has 2 nitrogen and oxygen atoms in total. The van der Waals surface area contributed by atoms with Gasteiger partial charge in [-0.2, -0.15) is 0 Å². The zero-order valence-corrected chi connectivity index (χ0v) is 4.89. The van der Waals surface area contributed by atoms with Gasteiger partial charge in [0, 0.05) is 0 Å². The highest BCUT2D eigenvalue weighted by Gasteiger charge is 1.83. The van der Waals surface area contributed by atoms with Gasteiger partial charge in [-0.15, -0.1) is 0 Å². The molecular weight excluding hydrogens is 92.1 g/mol. The Morgan fingerprint density at radius 3 is 1.71 bits per heavy atom. The van der Waals surface area contributed by atoms with Crippen LogP contribution in [0, 0.1) is 0 Å². The van der Waals surface area contributed by atoms with Crippen molar-refractivity contribution in [3.05, 3.63) is 12.0 Å². The Morgan fingerprint density at radius 2 is 1.71 bits per heavy atom. The van der Waals surface area contributed by atoms with Crippen LogP contribution in [-0.2, 0) is 9.47 Å². The van der Waals surface area contributed by atoms with Gasteiger partial charge in [-0.25, -0.2) is 0 Å². The topological polar surface area (TPSA) is 18.5 Å². The van der Waals surface area contributed by atoms with Crippen molar-refractivity contribution in [3.8, 4) is 0 Å². The van der Waals surface area contributed by atoms with Crippen LogP contribution in [0.4, 0.5) is 0 Å². The van der Waals surface area contributed by atoms with Crippen molar-refractivity contribution in [2.45, 2.75) is 6.92 Å². The molecule has 0 amide bonds. The Hall–Kier alpha value is -0.660. The van der Waals surface area contributed by atoms with Crippen LogP contribution in [0.5, 0.6) is 0 Å². The number of methoxy groups -OCH3 is 2. The molecule has 0 aromatic carbocycles. The van der Waals surface area contributed by atoms with Gasteiger partial charge in [0.1, 0.15) is 0 Å². The first-order valence-corrected chi connectivity index (χ1v) is 2.09. The summed E-state index contributed by atoms with van der Waals surface area (Å²) in [6.45, 7) is 1.85. The van der Waals surface area contributed by atoms with E-state index in [1.165, 1.54) is 0 Å². The number of hydrogen-bond acceptors (Lipinski definition) is 2. The Kier molecular flexibility index (Phi) is 3.19. The minimum absolute atomic E-state index is 0.556. The lowest BCUT2D eigenvalue weighted by Crippen LogP contribution is -1.86. The number of rotatable bonds is 2. The van der Waals surface area contributed by atoms with E-state index in [1.807, 2.05) is 6.92 Å². The van der Waals surface area contributed by atoms with Crippen molar-refractivity contribution in [2.75, 3.05) is 14.2 Å². The van der Waals surface area contributed by atoms with E-state index in [-0.39, 0.29) is 0 Å². The fourth-order valence-electron chi connectivity index (χ4n) is 0.319. The van der Waals surface area contributed by atoms with Gasteiger partial charge in [0.2, 0.25) is 0 Å². The summed E-state index contributed by atoms with van der Waals surface area (Å²) in [6, 6.07) is 0. The van der Waals surface area contributed by atoms with Gasteiger partial charge in [-0.1, -0.05) is 0 Å². The van der Waals surface area contributed by atoms with Crippen LogP contribution >= 0.6 is 0 Å². The molecule has 0 fully saturated rings. The Balaban J connectivity index is 3.38. The zero-order valence-electron chi connectivity index (χ0n) is 4.89. The number of hydrogen-bond donors (Lipinski definition) is 0. The van der Waals surface area contributed by atoms with Gasteiger partial charge in [0.25, 0.3) is 5.95 Å². The average molecular weight is 102 g/mol. The summed E-state index contributed by atoms with van der Waals surface area (Å²) in [5.74, 6) is 0.556. The highest BCUT2D eigenvalue weighted by atomic mass is 16.7. The van der Waals surface area contributed by atoms with Gasteiger partial charge in [0.15, 0.2) is 0 Å². The fraction of sp³-hybridized carbons (Fsp3) is 0.600. The van der Waals surface area contributed by atoms with Crippen LogP contribution < -0.4 is 0 Å². The molecule has 0 atom stereocenters. The van der Waals surface area contributed by atoms with E-state index in [2.05, 4.69) is 9.47 Å². The Labute approximate surface area is 43.7 Å². The molecule has 0 saturated carbocycles. The molecule has 0 aliphatic carbocycles. The smallest absolute Gasteiger partial charge is 0.274 e. The highest BCUT2D eigenvalue weighted by molar-refractivity contribution is 4.76. The van der Waals surface area contributed by atoms with Gasteiger partial charge in [-0.05, 0) is 13.0 Å². The zero-order chi connectivity index (χ0) is 5.70. The molecule has 0 heterocycles. The van der Waals surface area contributed by atoms with Crippen molar-refractivity contribution < 1.29 is 9.47 Å². The molecule has 0 radical (unpaired) electrons. The van der Waals surface area contributed by atoms with Crippen molar-refractivity contribution >= 4 is 0 Å². The lowest BCUT2D eigenvalue weighted by atomic mass is 10.7. The van der Waals surface area contributed by atoms with Gasteiger partial charge < -0.3 is 9.47 Å². The van der Waals surface area contributed by atoms with Crippen LogP contribution in [-0.4, -0.2) is 14.2 Å². The van der Waals surface area contributed by atoms with E-state index < -0.39 is 0 Å². The van der Waals surface area contributed by atoms with Crippen molar-refractivity contribution in [1.29, 1.82) is 0 Å². The molecule has 2 heteroatoms. The van der Waals surface area contributed by atoms with Crippen molar-refractivity contribution in [3.63, 3.8) is 0 Å². The predicted octanol–water partition coefficient (Wildman–Crippen LogP) is 1.14. The quantitative estimate of drug-likeness (QED) is 0.487. The maximum atomic E-state index is 4.69. The van der Waals surface area contributed by atoms with Crippen LogP contribution in [0.25, 0.3) is 0 Å². The van der Waals surface area contributed by atoms with E-state index in [4.69, 9.17) is 0 Å². The Morgan fingerprint density at radius 1 is 1.29 bits per heavy atom. The molecule has 0 aliphatic heterocycles. The highest BCUT2D eigenvalue weighted by Crippen LogP contribution is 1.91. The molecule has 0 rings (SSSR count). The second-order valence-electron chi connectivity index (χ2n) is 1.02. The molecule has 0 spiro atoms. The summed E-state index contributed by atoms with van der Waals surface area (Å²) in [4.78, 5) is 0. The van der Waals surface area contributed by atoms with Crippen LogP contribution in [0.1, 0.15) is 6.92 Å². The monoisotopic (exact) mass is 102 g/mol. The lowest BCUT2D eigenvalue weighted by molar-refractivity contribution is 0.0948. The minimum atomic E-state index is 0.556. The molecular formula is C5H10O2. The summed E-state index contributed by atoms with van der Waals surface area (Å²) in [5.41, 5.74) is 0. The van der Waals surface area contributed by atoms with Crippen LogP contribution in [0.3, 0.4) is 0 Å². The molecule has 0 bridgehead atoms. The van der Waals surface area contributed by atoms with Gasteiger partial charge >= 0.3 is 0 Å². The molecule has 7 heavy (non-hydrogen) atoms. The van der Waals surface area contributed by atoms with E-state index >= 15 is 0 Å². The number of ether oxygens (including phenoxy) is 2. The maximum absolute atomic E-state index is 4.69. The molecule has 42 valence electrons. The first-order valence-electron chi connectivity index (χ1n) is 2.09. The summed E-state index contributed by atoms with van der Waals surface area (Å²) in [6.07, 6.45) is 1.75. The summed E-state index contributed by atoms with van der Waals surface area (Å²) in [7, 11) is 3.14. The van der Waals surface area contributed by atoms with E-state index in [9.17, 15) is 0 Å². The molecule has 0 aliphatic rings. The summed E-state index contributed by atoms with van der Waals surface area (Å²) >= 11 is 0. The summed E-state index contributed by atoms with van der Waals surface area (Å²) < 4.78 is 9.38. The normalized spacial score (nSPS) is 7.29.